The second-order valence-electron chi connectivity index (χ2n) is 17.6. The van der Waals surface area contributed by atoms with Crippen LogP contribution in [0, 0.1) is 68.5 Å². The molecule has 0 bridgehead atoms. The van der Waals surface area contributed by atoms with Crippen LogP contribution in [0.1, 0.15) is 132 Å². The van der Waals surface area contributed by atoms with Crippen LogP contribution in [-0.4, -0.2) is 29.8 Å². The van der Waals surface area contributed by atoms with Gasteiger partial charge in [-0.3, -0.25) is 9.59 Å². The Balaban J connectivity index is 1.51. The zero-order valence-corrected chi connectivity index (χ0v) is 28.9. The van der Waals surface area contributed by atoms with Crippen LogP contribution in [0.2, 0.25) is 0 Å². The number of hydrogen-bond donors (Lipinski definition) is 1. The lowest BCUT2D eigenvalue weighted by Gasteiger charge is -2.72. The van der Waals surface area contributed by atoms with Crippen molar-refractivity contribution < 1.29 is 19.5 Å². The first-order valence-corrected chi connectivity index (χ1v) is 17.5. The Hall–Kier alpha value is -1.65. The number of rotatable bonds is 7. The summed E-state index contributed by atoms with van der Waals surface area (Å²) in [6.07, 6.45) is 11.8. The average molecular weight is 596 g/mol. The number of carbonyl (C=O) groups excluding carboxylic acids is 2. The molecule has 0 spiro atoms. The fourth-order valence-electron chi connectivity index (χ4n) is 13.0. The van der Waals surface area contributed by atoms with Crippen LogP contribution >= 0.6 is 0 Å². The molecule has 43 heavy (non-hydrogen) atoms. The summed E-state index contributed by atoms with van der Waals surface area (Å²) in [5.74, 6) is 2.41. The molecule has 5 rings (SSSR count). The molecule has 0 saturated heterocycles. The molecule has 5 aliphatic rings. The molecule has 0 aromatic carbocycles. The highest BCUT2D eigenvalue weighted by Gasteiger charge is 2.71. The summed E-state index contributed by atoms with van der Waals surface area (Å²) in [5, 5.41) is 13.7. The minimum Gasteiger partial charge on any atom is -0.469 e. The second-order valence-corrected chi connectivity index (χ2v) is 17.6. The van der Waals surface area contributed by atoms with E-state index in [9.17, 15) is 14.8 Å². The zero-order valence-electron chi connectivity index (χ0n) is 28.9. The van der Waals surface area contributed by atoms with Gasteiger partial charge in [0.05, 0.1) is 18.7 Å². The minimum absolute atomic E-state index is 0.0857. The number of ketones is 1. The van der Waals surface area contributed by atoms with E-state index in [1.54, 1.807) is 0 Å². The molecule has 5 heteroatoms. The number of carbonyl (C=O) groups is 2. The maximum Gasteiger partial charge on any atom is 0.309 e. The number of nitrogens with zero attached hydrogens (tertiary/aromatic N) is 1. The molecular formula is C38H61NO4. The van der Waals surface area contributed by atoms with Gasteiger partial charge in [0.2, 0.25) is 0 Å². The van der Waals surface area contributed by atoms with Gasteiger partial charge in [0.1, 0.15) is 5.78 Å². The summed E-state index contributed by atoms with van der Waals surface area (Å²) >= 11 is 0. The maximum absolute atomic E-state index is 14.6. The number of fused-ring (bicyclic) bond motifs is 7. The predicted octanol–water partition coefficient (Wildman–Crippen LogP) is 9.27. The van der Waals surface area contributed by atoms with E-state index in [1.807, 2.05) is 0 Å². The Morgan fingerprint density at radius 1 is 0.953 bits per heavy atom. The van der Waals surface area contributed by atoms with Crippen molar-refractivity contribution in [2.45, 2.75) is 132 Å². The van der Waals surface area contributed by atoms with Gasteiger partial charge in [-0.15, -0.1) is 0 Å². The van der Waals surface area contributed by atoms with Crippen LogP contribution in [-0.2, 0) is 14.3 Å². The first-order chi connectivity index (χ1) is 20.0. The van der Waals surface area contributed by atoms with Crippen LogP contribution in [0.4, 0.5) is 0 Å². The minimum atomic E-state index is -0.352. The van der Waals surface area contributed by atoms with Crippen molar-refractivity contribution >= 4 is 17.5 Å². The van der Waals surface area contributed by atoms with Gasteiger partial charge < -0.3 is 9.94 Å². The average Bonchev–Trinajstić information content (AvgIpc) is 3.33. The molecule has 0 radical (unpaired) electrons. The van der Waals surface area contributed by atoms with Gasteiger partial charge in [-0.2, -0.15) is 0 Å². The van der Waals surface area contributed by atoms with E-state index in [2.05, 4.69) is 67.1 Å². The molecule has 0 aliphatic heterocycles. The Morgan fingerprint density at radius 3 is 2.26 bits per heavy atom. The van der Waals surface area contributed by atoms with Gasteiger partial charge in [0.15, 0.2) is 0 Å². The van der Waals surface area contributed by atoms with E-state index in [4.69, 9.17) is 4.74 Å². The van der Waals surface area contributed by atoms with E-state index in [-0.39, 0.29) is 39.0 Å². The van der Waals surface area contributed by atoms with E-state index in [1.165, 1.54) is 38.4 Å². The third kappa shape index (κ3) is 4.62. The molecule has 242 valence electrons. The van der Waals surface area contributed by atoms with Gasteiger partial charge in [-0.25, -0.2) is 0 Å². The van der Waals surface area contributed by atoms with Crippen molar-refractivity contribution in [2.24, 2.45) is 73.7 Å². The monoisotopic (exact) mass is 595 g/mol. The first kappa shape index (κ1) is 32.7. The highest BCUT2D eigenvalue weighted by molar-refractivity contribution is 5.91. The summed E-state index contributed by atoms with van der Waals surface area (Å²) in [6.45, 7) is 23.4. The number of oxime groups is 1. The van der Waals surface area contributed by atoms with E-state index < -0.39 is 0 Å². The molecule has 1 N–H and O–H groups in total. The molecule has 0 amide bonds. The lowest BCUT2D eigenvalue weighted by atomic mass is 9.32. The lowest BCUT2D eigenvalue weighted by molar-refractivity contribution is -0.227. The van der Waals surface area contributed by atoms with Crippen molar-refractivity contribution in [3.8, 4) is 0 Å². The third-order valence-electron chi connectivity index (χ3n) is 15.2. The number of methoxy groups -OCH3 is 1. The molecule has 0 heterocycles. The van der Waals surface area contributed by atoms with Crippen LogP contribution in [0.25, 0.3) is 0 Å². The van der Waals surface area contributed by atoms with Crippen LogP contribution in [0.15, 0.2) is 17.3 Å². The smallest absolute Gasteiger partial charge is 0.309 e. The van der Waals surface area contributed by atoms with E-state index >= 15 is 0 Å². The van der Waals surface area contributed by atoms with Gasteiger partial charge in [0.25, 0.3) is 0 Å². The summed E-state index contributed by atoms with van der Waals surface area (Å²) in [5.41, 5.74) is 2.37. The fourth-order valence-corrected chi connectivity index (χ4v) is 13.0. The van der Waals surface area contributed by atoms with Crippen LogP contribution < -0.4 is 0 Å². The molecule has 5 nitrogen and oxygen atoms in total. The van der Waals surface area contributed by atoms with Gasteiger partial charge in [0, 0.05) is 17.3 Å². The standard InChI is InChI=1S/C38H61NO4/c1-23(2)21-25(33(41)43-10)22-31(40)38-18-13-26(24(3)4)32(38)27-11-12-29-35(7)16-15-30(39-42)34(5,6)28(35)14-17-37(29,9)36(27,8)19-20-38/h23,25-29,32,42H,3,11-22H2,1-2,4-10H3/b39-30-/t25-,26+,27-,28+,29-,32-,35+,36-,37-,38-/m1/s1. The highest BCUT2D eigenvalue weighted by atomic mass is 16.5. The Labute approximate surface area is 262 Å². The lowest BCUT2D eigenvalue weighted by Crippen LogP contribution is -2.66. The van der Waals surface area contributed by atoms with Crippen LogP contribution in [0.5, 0.6) is 0 Å². The highest BCUT2D eigenvalue weighted by Crippen LogP contribution is 2.77. The Kier molecular flexibility index (Phi) is 8.38. The Bertz CT molecular complexity index is 1170. The van der Waals surface area contributed by atoms with Crippen molar-refractivity contribution in [3.05, 3.63) is 12.2 Å². The molecule has 5 saturated carbocycles. The molecular weight excluding hydrogens is 534 g/mol. The van der Waals surface area contributed by atoms with E-state index in [0.29, 0.717) is 54.1 Å². The van der Waals surface area contributed by atoms with Crippen molar-refractivity contribution in [2.75, 3.05) is 7.11 Å². The number of esters is 1. The number of hydrogen-bond acceptors (Lipinski definition) is 5. The molecule has 10 atom stereocenters. The summed E-state index contributed by atoms with van der Waals surface area (Å²) < 4.78 is 5.20. The maximum atomic E-state index is 14.6. The molecule has 0 aromatic heterocycles. The van der Waals surface area contributed by atoms with Crippen molar-refractivity contribution in [1.82, 2.24) is 0 Å². The first-order valence-electron chi connectivity index (χ1n) is 17.5. The topological polar surface area (TPSA) is 76.0 Å². The predicted molar refractivity (Wildman–Crippen MR) is 173 cm³/mol. The number of allylic oxidation sites excluding steroid dienone is 1. The summed E-state index contributed by atoms with van der Waals surface area (Å²) in [7, 11) is 1.46. The molecule has 5 fully saturated rings. The van der Waals surface area contributed by atoms with Gasteiger partial charge >= 0.3 is 5.97 Å². The largest absolute Gasteiger partial charge is 0.469 e. The van der Waals surface area contributed by atoms with Crippen molar-refractivity contribution in [3.63, 3.8) is 0 Å². The van der Waals surface area contributed by atoms with Crippen LogP contribution in [0.3, 0.4) is 0 Å². The Morgan fingerprint density at radius 2 is 1.65 bits per heavy atom. The quantitative estimate of drug-likeness (QED) is 0.138. The van der Waals surface area contributed by atoms with E-state index in [0.717, 1.165) is 44.2 Å². The molecule has 0 aromatic rings. The SMILES string of the molecule is C=C(C)[C@@H]1CC[C@]2(C(=O)C[C@@H](CC(C)C)C(=O)OC)CC[C@]3(C)[C@H](CC[C@@H]4[C@@]5(C)CC/C(=N/O)C(C)(C)[C@@H]5CC[C@]43C)[C@@H]12. The summed E-state index contributed by atoms with van der Waals surface area (Å²) in [4.78, 5) is 27.5. The summed E-state index contributed by atoms with van der Waals surface area (Å²) in [6, 6.07) is 0. The number of Topliss-reactive ketones (excluding diaryl/α,β-unsaturated/α-hetero) is 1. The third-order valence-corrected chi connectivity index (χ3v) is 15.2. The fraction of sp³-hybridized carbons (Fsp3) is 0.868. The van der Waals surface area contributed by atoms with Crippen molar-refractivity contribution in [1.29, 1.82) is 0 Å². The normalized spacial score (nSPS) is 45.0. The van der Waals surface area contributed by atoms with Gasteiger partial charge in [-0.05, 0) is 129 Å². The van der Waals surface area contributed by atoms with Gasteiger partial charge in [-0.1, -0.05) is 65.8 Å². The zero-order chi connectivity index (χ0) is 31.8. The second kappa shape index (κ2) is 11.0. The number of ether oxygens (including phenoxy) is 1. The molecule has 5 aliphatic carbocycles. The molecule has 0 unspecified atom stereocenters.